The quantitative estimate of drug-likeness (QED) is 0.509. The molecule has 1 aliphatic rings. The van der Waals surface area contributed by atoms with Gasteiger partial charge < -0.3 is 10.4 Å². The van der Waals surface area contributed by atoms with Crippen LogP contribution in [0, 0.1) is 12.3 Å². The summed E-state index contributed by atoms with van der Waals surface area (Å²) >= 11 is 0. The number of carboxylic acids is 1. The minimum absolute atomic E-state index is 0.0820. The Hall–Kier alpha value is -1.05. The Morgan fingerprint density at radius 3 is 2.77 bits per heavy atom. The zero-order chi connectivity index (χ0) is 9.90. The van der Waals surface area contributed by atoms with Gasteiger partial charge in [-0.1, -0.05) is 5.92 Å². The van der Waals surface area contributed by atoms with Crippen LogP contribution in [0.1, 0.15) is 13.3 Å². The minimum Gasteiger partial charge on any atom is -0.481 e. The van der Waals surface area contributed by atoms with Crippen LogP contribution in [-0.2, 0) is 4.79 Å². The smallest absolute Gasteiger partial charge is 0.305 e. The maximum Gasteiger partial charge on any atom is 0.305 e. The van der Waals surface area contributed by atoms with Gasteiger partial charge in [-0.2, -0.15) is 0 Å². The van der Waals surface area contributed by atoms with Crippen molar-refractivity contribution in [1.82, 2.24) is 10.6 Å². The monoisotopic (exact) mass is 182 g/mol. The van der Waals surface area contributed by atoms with E-state index in [4.69, 9.17) is 11.5 Å². The minimum atomic E-state index is -0.793. The van der Waals surface area contributed by atoms with Gasteiger partial charge in [0.2, 0.25) is 0 Å². The van der Waals surface area contributed by atoms with Crippen LogP contribution in [-0.4, -0.2) is 35.7 Å². The fourth-order valence-electron chi connectivity index (χ4n) is 1.50. The molecular formula is C9H14N2O2. The average molecular weight is 182 g/mol. The molecular weight excluding hydrogens is 168 g/mol. The summed E-state index contributed by atoms with van der Waals surface area (Å²) in [6.45, 7) is 3.19. The van der Waals surface area contributed by atoms with Gasteiger partial charge in [-0.15, -0.1) is 6.42 Å². The van der Waals surface area contributed by atoms with Gasteiger partial charge in [0.1, 0.15) is 0 Å². The summed E-state index contributed by atoms with van der Waals surface area (Å²) in [4.78, 5) is 10.6. The zero-order valence-electron chi connectivity index (χ0n) is 7.63. The predicted molar refractivity (Wildman–Crippen MR) is 49.3 cm³/mol. The SMILES string of the molecule is C#CC(C)NC1(CC(=O)O)CNC1. The fourth-order valence-corrected chi connectivity index (χ4v) is 1.50. The zero-order valence-corrected chi connectivity index (χ0v) is 7.63. The number of aliphatic carboxylic acids is 1. The number of carboxylic acid groups (broad SMARTS) is 1. The van der Waals surface area contributed by atoms with Crippen molar-refractivity contribution in [3.05, 3.63) is 0 Å². The van der Waals surface area contributed by atoms with E-state index in [1.807, 2.05) is 6.92 Å². The van der Waals surface area contributed by atoms with E-state index in [9.17, 15) is 4.79 Å². The molecule has 1 heterocycles. The summed E-state index contributed by atoms with van der Waals surface area (Å²) in [7, 11) is 0. The molecule has 0 saturated carbocycles. The van der Waals surface area contributed by atoms with Crippen LogP contribution < -0.4 is 10.6 Å². The molecule has 0 bridgehead atoms. The third kappa shape index (κ3) is 2.44. The molecule has 1 fully saturated rings. The van der Waals surface area contributed by atoms with Crippen molar-refractivity contribution in [3.8, 4) is 12.3 Å². The molecule has 4 heteroatoms. The summed E-state index contributed by atoms with van der Waals surface area (Å²) in [5.41, 5.74) is -0.336. The number of terminal acetylenes is 1. The van der Waals surface area contributed by atoms with Crippen molar-refractivity contribution < 1.29 is 9.90 Å². The molecule has 0 radical (unpaired) electrons. The lowest BCUT2D eigenvalue weighted by molar-refractivity contribution is -0.139. The largest absolute Gasteiger partial charge is 0.481 e. The van der Waals surface area contributed by atoms with Gasteiger partial charge in [0.15, 0.2) is 0 Å². The molecule has 4 nitrogen and oxygen atoms in total. The predicted octanol–water partition coefficient (Wildman–Crippen LogP) is -0.586. The Bertz CT molecular complexity index is 240. The summed E-state index contributed by atoms with van der Waals surface area (Å²) in [6, 6.07) is -0.0820. The molecule has 1 atom stereocenters. The number of hydrogen-bond acceptors (Lipinski definition) is 3. The highest BCUT2D eigenvalue weighted by molar-refractivity contribution is 5.68. The Balaban J connectivity index is 2.50. The Labute approximate surface area is 77.7 Å². The molecule has 0 aromatic carbocycles. The Kier molecular flexibility index (Phi) is 2.91. The van der Waals surface area contributed by atoms with E-state index in [1.54, 1.807) is 0 Å². The molecule has 3 N–H and O–H groups in total. The topological polar surface area (TPSA) is 61.4 Å². The van der Waals surface area contributed by atoms with E-state index in [0.29, 0.717) is 13.1 Å². The van der Waals surface area contributed by atoms with E-state index in [1.165, 1.54) is 0 Å². The van der Waals surface area contributed by atoms with Gasteiger partial charge in [0.25, 0.3) is 0 Å². The maximum atomic E-state index is 10.6. The van der Waals surface area contributed by atoms with Crippen molar-refractivity contribution in [2.45, 2.75) is 24.9 Å². The van der Waals surface area contributed by atoms with E-state index < -0.39 is 5.97 Å². The first-order chi connectivity index (χ1) is 6.08. The number of carbonyl (C=O) groups is 1. The highest BCUT2D eigenvalue weighted by Crippen LogP contribution is 2.16. The van der Waals surface area contributed by atoms with Gasteiger partial charge in [-0.3, -0.25) is 10.1 Å². The third-order valence-electron chi connectivity index (χ3n) is 2.19. The summed E-state index contributed by atoms with van der Waals surface area (Å²) < 4.78 is 0. The molecule has 72 valence electrons. The van der Waals surface area contributed by atoms with Crippen LogP contribution in [0.25, 0.3) is 0 Å². The molecule has 1 aliphatic heterocycles. The molecule has 0 amide bonds. The second-order valence-electron chi connectivity index (χ2n) is 3.49. The van der Waals surface area contributed by atoms with Crippen molar-refractivity contribution in [3.63, 3.8) is 0 Å². The maximum absolute atomic E-state index is 10.6. The van der Waals surface area contributed by atoms with Gasteiger partial charge in [0, 0.05) is 13.1 Å². The molecule has 13 heavy (non-hydrogen) atoms. The molecule has 1 saturated heterocycles. The normalized spacial score (nSPS) is 21.2. The summed E-state index contributed by atoms with van der Waals surface area (Å²) in [5.74, 6) is 1.74. The van der Waals surface area contributed by atoms with Crippen LogP contribution in [0.3, 0.4) is 0 Å². The first-order valence-corrected chi connectivity index (χ1v) is 4.24. The van der Waals surface area contributed by atoms with E-state index in [-0.39, 0.29) is 18.0 Å². The van der Waals surface area contributed by atoms with Gasteiger partial charge >= 0.3 is 5.97 Å². The van der Waals surface area contributed by atoms with Crippen molar-refractivity contribution in [2.24, 2.45) is 0 Å². The fraction of sp³-hybridized carbons (Fsp3) is 0.667. The lowest BCUT2D eigenvalue weighted by Gasteiger charge is -2.43. The van der Waals surface area contributed by atoms with Gasteiger partial charge in [0.05, 0.1) is 18.0 Å². The van der Waals surface area contributed by atoms with Gasteiger partial charge in [-0.05, 0) is 6.92 Å². The molecule has 0 spiro atoms. The Morgan fingerprint density at radius 2 is 2.46 bits per heavy atom. The second-order valence-corrected chi connectivity index (χ2v) is 3.49. The van der Waals surface area contributed by atoms with Crippen molar-refractivity contribution in [1.29, 1.82) is 0 Å². The first kappa shape index (κ1) is 10.0. The summed E-state index contributed by atoms with van der Waals surface area (Å²) in [5, 5.41) is 14.9. The summed E-state index contributed by atoms with van der Waals surface area (Å²) in [6.07, 6.45) is 5.33. The van der Waals surface area contributed by atoms with Crippen molar-refractivity contribution >= 4 is 5.97 Å². The highest BCUT2D eigenvalue weighted by atomic mass is 16.4. The van der Waals surface area contributed by atoms with Crippen LogP contribution in [0.5, 0.6) is 0 Å². The third-order valence-corrected chi connectivity index (χ3v) is 2.19. The molecule has 0 aromatic heterocycles. The lowest BCUT2D eigenvalue weighted by Crippen LogP contribution is -2.69. The molecule has 0 aliphatic carbocycles. The first-order valence-electron chi connectivity index (χ1n) is 4.24. The average Bonchev–Trinajstić information content (AvgIpc) is 1.99. The Morgan fingerprint density at radius 1 is 1.85 bits per heavy atom. The van der Waals surface area contributed by atoms with Gasteiger partial charge in [-0.25, -0.2) is 0 Å². The highest BCUT2D eigenvalue weighted by Gasteiger charge is 2.39. The van der Waals surface area contributed by atoms with Crippen LogP contribution in [0.15, 0.2) is 0 Å². The van der Waals surface area contributed by atoms with Crippen LogP contribution in [0.4, 0.5) is 0 Å². The molecule has 1 rings (SSSR count). The lowest BCUT2D eigenvalue weighted by atomic mass is 9.88. The van der Waals surface area contributed by atoms with E-state index in [2.05, 4.69) is 16.6 Å². The van der Waals surface area contributed by atoms with Crippen LogP contribution in [0.2, 0.25) is 0 Å². The number of hydrogen-bond donors (Lipinski definition) is 3. The van der Waals surface area contributed by atoms with E-state index in [0.717, 1.165) is 0 Å². The molecule has 0 aromatic rings. The van der Waals surface area contributed by atoms with E-state index >= 15 is 0 Å². The molecule has 1 unspecified atom stereocenters. The number of nitrogens with one attached hydrogen (secondary N) is 2. The number of rotatable bonds is 4. The second kappa shape index (κ2) is 3.77. The standard InChI is InChI=1S/C9H14N2O2/c1-3-7(2)11-9(4-8(12)13)5-10-6-9/h1,7,10-11H,4-6H2,2H3,(H,12,13). The van der Waals surface area contributed by atoms with Crippen molar-refractivity contribution in [2.75, 3.05) is 13.1 Å². The van der Waals surface area contributed by atoms with Crippen LogP contribution >= 0.6 is 0 Å².